The van der Waals surface area contributed by atoms with Crippen LogP contribution in [0.1, 0.15) is 43.5 Å². The molecule has 3 saturated heterocycles. The highest BCUT2D eigenvalue weighted by atomic mass is 16.5. The Balaban J connectivity index is 1.47. The van der Waals surface area contributed by atoms with E-state index in [1.165, 1.54) is 19.4 Å². The molecular weight excluding hydrogens is 256 g/mol. The number of aromatic nitrogens is 2. The van der Waals surface area contributed by atoms with E-state index in [1.807, 2.05) is 0 Å². The molecule has 1 aromatic rings. The van der Waals surface area contributed by atoms with E-state index in [9.17, 15) is 0 Å². The van der Waals surface area contributed by atoms with E-state index in [1.54, 1.807) is 0 Å². The van der Waals surface area contributed by atoms with Gasteiger partial charge in [-0.3, -0.25) is 4.90 Å². The first-order valence-corrected chi connectivity index (χ1v) is 7.71. The predicted molar refractivity (Wildman–Crippen MR) is 72.4 cm³/mol. The zero-order valence-electron chi connectivity index (χ0n) is 11.9. The van der Waals surface area contributed by atoms with Gasteiger partial charge in [-0.1, -0.05) is 12.1 Å². The summed E-state index contributed by atoms with van der Waals surface area (Å²) in [5.41, 5.74) is 0. The Morgan fingerprint density at radius 3 is 3.15 bits per heavy atom. The minimum absolute atomic E-state index is 0.0217. The van der Waals surface area contributed by atoms with Crippen LogP contribution < -0.4 is 5.32 Å². The van der Waals surface area contributed by atoms with Crippen LogP contribution in [0.25, 0.3) is 0 Å². The summed E-state index contributed by atoms with van der Waals surface area (Å²) in [5.74, 6) is 2.40. The van der Waals surface area contributed by atoms with Gasteiger partial charge in [0.2, 0.25) is 11.7 Å². The number of morpholine rings is 1. The first-order valence-electron chi connectivity index (χ1n) is 7.71. The van der Waals surface area contributed by atoms with Gasteiger partial charge in [-0.25, -0.2) is 0 Å². The van der Waals surface area contributed by atoms with Crippen LogP contribution in [0.3, 0.4) is 0 Å². The number of hydrogen-bond donors (Lipinski definition) is 1. The Morgan fingerprint density at radius 2 is 2.30 bits per heavy atom. The molecule has 110 valence electrons. The van der Waals surface area contributed by atoms with Gasteiger partial charge in [0, 0.05) is 19.1 Å². The molecule has 0 radical (unpaired) electrons. The van der Waals surface area contributed by atoms with Crippen molar-refractivity contribution in [3.8, 4) is 0 Å². The number of hydrogen-bond acceptors (Lipinski definition) is 6. The Labute approximate surface area is 118 Å². The second-order valence-electron chi connectivity index (χ2n) is 6.35. The van der Waals surface area contributed by atoms with Crippen LogP contribution in [0.15, 0.2) is 4.52 Å². The molecule has 3 fully saturated rings. The van der Waals surface area contributed by atoms with Gasteiger partial charge in [0.1, 0.15) is 6.10 Å². The van der Waals surface area contributed by atoms with Gasteiger partial charge in [-0.05, 0) is 31.8 Å². The molecule has 0 aromatic carbocycles. The molecule has 0 bridgehead atoms. The van der Waals surface area contributed by atoms with Crippen LogP contribution in [0, 0.1) is 5.92 Å². The maximum atomic E-state index is 5.94. The molecule has 1 aromatic heterocycles. The molecule has 2 unspecified atom stereocenters. The third kappa shape index (κ3) is 2.16. The van der Waals surface area contributed by atoms with E-state index in [2.05, 4.69) is 27.3 Å². The highest BCUT2D eigenvalue weighted by molar-refractivity contribution is 5.03. The van der Waals surface area contributed by atoms with Crippen molar-refractivity contribution in [2.75, 3.05) is 32.8 Å². The Bertz CT molecular complexity index is 477. The summed E-state index contributed by atoms with van der Waals surface area (Å²) in [6.07, 6.45) is 2.52. The van der Waals surface area contributed by atoms with E-state index in [4.69, 9.17) is 9.26 Å². The summed E-state index contributed by atoms with van der Waals surface area (Å²) < 4.78 is 11.4. The van der Waals surface area contributed by atoms with Crippen molar-refractivity contribution < 1.29 is 9.26 Å². The lowest BCUT2D eigenvalue weighted by atomic mass is 9.98. The zero-order valence-corrected chi connectivity index (χ0v) is 11.9. The molecule has 0 saturated carbocycles. The molecule has 0 spiro atoms. The van der Waals surface area contributed by atoms with Crippen molar-refractivity contribution in [2.24, 2.45) is 5.92 Å². The molecule has 0 aliphatic carbocycles. The third-order valence-electron chi connectivity index (χ3n) is 4.97. The molecule has 6 nitrogen and oxygen atoms in total. The molecule has 20 heavy (non-hydrogen) atoms. The molecule has 6 heteroatoms. The number of fused-ring (bicyclic) bond motifs is 1. The van der Waals surface area contributed by atoms with E-state index >= 15 is 0 Å². The molecule has 3 aliphatic heterocycles. The Morgan fingerprint density at radius 1 is 1.35 bits per heavy atom. The predicted octanol–water partition coefficient (Wildman–Crippen LogP) is 0.928. The van der Waals surface area contributed by atoms with Crippen LogP contribution >= 0.6 is 0 Å². The molecular formula is C14H22N4O2. The van der Waals surface area contributed by atoms with Crippen molar-refractivity contribution in [3.05, 3.63) is 11.7 Å². The van der Waals surface area contributed by atoms with Crippen LogP contribution in [0.4, 0.5) is 0 Å². The van der Waals surface area contributed by atoms with E-state index in [0.717, 1.165) is 38.0 Å². The quantitative estimate of drug-likeness (QED) is 0.868. The molecule has 3 aliphatic rings. The molecule has 1 N–H and O–H groups in total. The van der Waals surface area contributed by atoms with Crippen molar-refractivity contribution in [1.82, 2.24) is 20.4 Å². The van der Waals surface area contributed by atoms with Gasteiger partial charge in [0.25, 0.3) is 0 Å². The fourth-order valence-electron chi connectivity index (χ4n) is 3.64. The van der Waals surface area contributed by atoms with Crippen LogP contribution in [-0.2, 0) is 4.74 Å². The van der Waals surface area contributed by atoms with Crippen molar-refractivity contribution in [1.29, 1.82) is 0 Å². The van der Waals surface area contributed by atoms with Gasteiger partial charge in [0.15, 0.2) is 0 Å². The van der Waals surface area contributed by atoms with Crippen LogP contribution in [0.2, 0.25) is 0 Å². The smallest absolute Gasteiger partial charge is 0.231 e. The number of nitrogens with zero attached hydrogens (tertiary/aromatic N) is 3. The summed E-state index contributed by atoms with van der Waals surface area (Å²) in [4.78, 5) is 7.12. The summed E-state index contributed by atoms with van der Waals surface area (Å²) in [6, 6.07) is 0.608. The highest BCUT2D eigenvalue weighted by Gasteiger charge is 2.36. The van der Waals surface area contributed by atoms with E-state index in [-0.39, 0.29) is 6.10 Å². The first kappa shape index (κ1) is 12.7. The number of ether oxygens (including phenoxy) is 1. The van der Waals surface area contributed by atoms with Crippen LogP contribution in [-0.4, -0.2) is 53.9 Å². The Kier molecular flexibility index (Phi) is 3.24. The van der Waals surface area contributed by atoms with Gasteiger partial charge in [0.05, 0.1) is 12.5 Å². The Hall–Kier alpha value is -0.980. The van der Waals surface area contributed by atoms with Crippen molar-refractivity contribution in [2.45, 2.75) is 37.8 Å². The van der Waals surface area contributed by atoms with Gasteiger partial charge in [-0.15, -0.1) is 0 Å². The minimum Gasteiger partial charge on any atom is -0.367 e. The average molecular weight is 278 g/mol. The van der Waals surface area contributed by atoms with Gasteiger partial charge >= 0.3 is 0 Å². The van der Waals surface area contributed by atoms with Crippen molar-refractivity contribution in [3.63, 3.8) is 0 Å². The topological polar surface area (TPSA) is 63.4 Å². The van der Waals surface area contributed by atoms with Crippen molar-refractivity contribution >= 4 is 0 Å². The SMILES string of the molecule is C[C@@H]1CNC[C@H]1c1nc(C2CN3CCCC3CO2)no1. The summed E-state index contributed by atoms with van der Waals surface area (Å²) >= 11 is 0. The lowest BCUT2D eigenvalue weighted by Gasteiger charge is -2.33. The minimum atomic E-state index is -0.0217. The largest absolute Gasteiger partial charge is 0.367 e. The van der Waals surface area contributed by atoms with Gasteiger partial charge < -0.3 is 14.6 Å². The second-order valence-corrected chi connectivity index (χ2v) is 6.35. The fourth-order valence-corrected chi connectivity index (χ4v) is 3.64. The van der Waals surface area contributed by atoms with Gasteiger partial charge in [-0.2, -0.15) is 4.98 Å². The lowest BCUT2D eigenvalue weighted by Crippen LogP contribution is -2.42. The first-order chi connectivity index (χ1) is 9.81. The average Bonchev–Trinajstić information content (AvgIpc) is 3.17. The summed E-state index contributed by atoms with van der Waals surface area (Å²) in [6.45, 7) is 7.07. The van der Waals surface area contributed by atoms with E-state index < -0.39 is 0 Å². The number of rotatable bonds is 2. The third-order valence-corrected chi connectivity index (χ3v) is 4.97. The second kappa shape index (κ2) is 5.09. The van der Waals surface area contributed by atoms with Crippen LogP contribution in [0.5, 0.6) is 0 Å². The molecule has 4 rings (SSSR count). The maximum Gasteiger partial charge on any atom is 0.231 e. The highest BCUT2D eigenvalue weighted by Crippen LogP contribution is 2.31. The maximum absolute atomic E-state index is 5.94. The summed E-state index contributed by atoms with van der Waals surface area (Å²) in [7, 11) is 0. The lowest BCUT2D eigenvalue weighted by molar-refractivity contribution is -0.0548. The fraction of sp³-hybridized carbons (Fsp3) is 0.857. The van der Waals surface area contributed by atoms with E-state index in [0.29, 0.717) is 17.9 Å². The monoisotopic (exact) mass is 278 g/mol. The normalized spacial score (nSPS) is 38.2. The zero-order chi connectivity index (χ0) is 13.5. The standard InChI is InChI=1S/C14H22N4O2/c1-9-5-15-6-11(9)14-16-13(17-20-14)12-7-18-4-2-3-10(18)8-19-12/h9-12,15H,2-8H2,1H3/t9-,10?,11-,12?/m1/s1. The molecule has 4 atom stereocenters. The number of nitrogens with one attached hydrogen (secondary N) is 1. The molecule has 4 heterocycles. The summed E-state index contributed by atoms with van der Waals surface area (Å²) in [5, 5.41) is 7.54. The molecule has 0 amide bonds.